The first-order valence-electron chi connectivity index (χ1n) is 3.65. The standard InChI is InChI=1S/C7H8N4O2/c1-2-13-7(12)11-6-5(3-8)9-4-10-6/h4H,2H2,1H3,(H,9,10)(H,11,12). The maximum Gasteiger partial charge on any atom is 0.412 e. The fourth-order valence-corrected chi connectivity index (χ4v) is 0.738. The van der Waals surface area contributed by atoms with E-state index in [2.05, 4.69) is 20.0 Å². The predicted octanol–water partition coefficient (Wildman–Crippen LogP) is 0.850. The molecular formula is C7H8N4O2. The lowest BCUT2D eigenvalue weighted by molar-refractivity contribution is 0.168. The van der Waals surface area contributed by atoms with Crippen LogP contribution in [-0.2, 0) is 4.74 Å². The highest BCUT2D eigenvalue weighted by atomic mass is 16.5. The lowest BCUT2D eigenvalue weighted by atomic mass is 10.5. The molecule has 1 aromatic rings. The van der Waals surface area contributed by atoms with Crippen LogP contribution in [0.2, 0.25) is 0 Å². The van der Waals surface area contributed by atoms with Crippen LogP contribution in [0.5, 0.6) is 0 Å². The smallest absolute Gasteiger partial charge is 0.412 e. The van der Waals surface area contributed by atoms with Gasteiger partial charge in [0.1, 0.15) is 6.07 Å². The van der Waals surface area contributed by atoms with Gasteiger partial charge in [-0.3, -0.25) is 5.32 Å². The monoisotopic (exact) mass is 180 g/mol. The minimum Gasteiger partial charge on any atom is -0.450 e. The Labute approximate surface area is 74.5 Å². The first kappa shape index (κ1) is 9.06. The number of hydrogen-bond donors (Lipinski definition) is 2. The summed E-state index contributed by atoms with van der Waals surface area (Å²) in [7, 11) is 0. The van der Waals surface area contributed by atoms with Crippen molar-refractivity contribution in [3.63, 3.8) is 0 Å². The third-order valence-corrected chi connectivity index (χ3v) is 1.25. The van der Waals surface area contributed by atoms with E-state index in [1.807, 2.05) is 6.07 Å². The van der Waals surface area contributed by atoms with Gasteiger partial charge in [0.05, 0.1) is 12.9 Å². The Morgan fingerprint density at radius 1 is 1.92 bits per heavy atom. The fourth-order valence-electron chi connectivity index (χ4n) is 0.738. The number of hydrogen-bond acceptors (Lipinski definition) is 4. The number of anilines is 1. The van der Waals surface area contributed by atoms with Gasteiger partial charge in [-0.2, -0.15) is 5.26 Å². The quantitative estimate of drug-likeness (QED) is 0.705. The molecule has 0 aliphatic carbocycles. The zero-order valence-electron chi connectivity index (χ0n) is 7.00. The summed E-state index contributed by atoms with van der Waals surface area (Å²) in [4.78, 5) is 17.2. The number of nitriles is 1. The molecule has 6 heteroatoms. The molecule has 0 bridgehead atoms. The number of nitrogens with zero attached hydrogens (tertiary/aromatic N) is 2. The number of ether oxygens (including phenoxy) is 1. The van der Waals surface area contributed by atoms with Crippen LogP contribution in [0.3, 0.4) is 0 Å². The van der Waals surface area contributed by atoms with E-state index in [0.717, 1.165) is 0 Å². The van der Waals surface area contributed by atoms with E-state index < -0.39 is 6.09 Å². The molecule has 6 nitrogen and oxygen atoms in total. The number of rotatable bonds is 2. The molecule has 0 unspecified atom stereocenters. The Morgan fingerprint density at radius 3 is 3.31 bits per heavy atom. The lowest BCUT2D eigenvalue weighted by Gasteiger charge is -2.01. The van der Waals surface area contributed by atoms with Crippen molar-refractivity contribution in [2.24, 2.45) is 0 Å². The molecule has 0 aliphatic heterocycles. The van der Waals surface area contributed by atoms with Gasteiger partial charge in [-0.15, -0.1) is 0 Å². The molecule has 0 spiro atoms. The van der Waals surface area contributed by atoms with Gasteiger partial charge in [-0.1, -0.05) is 0 Å². The highest BCUT2D eigenvalue weighted by molar-refractivity contribution is 5.84. The second kappa shape index (κ2) is 4.11. The van der Waals surface area contributed by atoms with Crippen molar-refractivity contribution in [2.45, 2.75) is 6.92 Å². The molecule has 13 heavy (non-hydrogen) atoms. The van der Waals surface area contributed by atoms with Crippen molar-refractivity contribution in [3.05, 3.63) is 12.0 Å². The molecule has 0 aromatic carbocycles. The summed E-state index contributed by atoms with van der Waals surface area (Å²) >= 11 is 0. The Bertz CT molecular complexity index is 339. The third-order valence-electron chi connectivity index (χ3n) is 1.25. The van der Waals surface area contributed by atoms with Crippen LogP contribution < -0.4 is 5.32 Å². The molecule has 1 rings (SSSR count). The van der Waals surface area contributed by atoms with E-state index in [4.69, 9.17) is 5.26 Å². The van der Waals surface area contributed by atoms with E-state index in [9.17, 15) is 4.79 Å². The SMILES string of the molecule is CCOC(=O)Nc1nc[nH]c1C#N. The normalized spacial score (nSPS) is 8.92. The van der Waals surface area contributed by atoms with Crippen LogP contribution >= 0.6 is 0 Å². The van der Waals surface area contributed by atoms with Crippen LogP contribution in [-0.4, -0.2) is 22.7 Å². The Morgan fingerprint density at radius 2 is 2.69 bits per heavy atom. The zero-order valence-corrected chi connectivity index (χ0v) is 7.00. The molecule has 0 saturated carbocycles. The molecule has 1 aromatic heterocycles. The fraction of sp³-hybridized carbons (Fsp3) is 0.286. The Balaban J connectivity index is 2.64. The number of aromatic amines is 1. The third kappa shape index (κ3) is 2.20. The number of imidazole rings is 1. The van der Waals surface area contributed by atoms with Crippen molar-refractivity contribution in [3.8, 4) is 6.07 Å². The van der Waals surface area contributed by atoms with Crippen molar-refractivity contribution in [1.29, 1.82) is 5.26 Å². The van der Waals surface area contributed by atoms with Crippen molar-refractivity contribution in [2.75, 3.05) is 11.9 Å². The van der Waals surface area contributed by atoms with Gasteiger partial charge < -0.3 is 9.72 Å². The molecule has 0 saturated heterocycles. The van der Waals surface area contributed by atoms with E-state index in [-0.39, 0.29) is 18.1 Å². The van der Waals surface area contributed by atoms with Crippen molar-refractivity contribution in [1.82, 2.24) is 9.97 Å². The highest BCUT2D eigenvalue weighted by Gasteiger charge is 2.08. The predicted molar refractivity (Wildman–Crippen MR) is 43.9 cm³/mol. The number of carbonyl (C=O) groups is 1. The topological polar surface area (TPSA) is 90.8 Å². The van der Waals surface area contributed by atoms with E-state index in [0.29, 0.717) is 0 Å². The summed E-state index contributed by atoms with van der Waals surface area (Å²) in [5.41, 5.74) is 0.202. The second-order valence-electron chi connectivity index (χ2n) is 2.08. The second-order valence-corrected chi connectivity index (χ2v) is 2.08. The first-order valence-corrected chi connectivity index (χ1v) is 3.65. The molecular weight excluding hydrogens is 172 g/mol. The van der Waals surface area contributed by atoms with E-state index in [1.54, 1.807) is 6.92 Å². The zero-order chi connectivity index (χ0) is 9.68. The number of aromatic nitrogens is 2. The average molecular weight is 180 g/mol. The Kier molecular flexibility index (Phi) is 2.87. The largest absolute Gasteiger partial charge is 0.450 e. The maximum absolute atomic E-state index is 10.9. The minimum atomic E-state index is -0.619. The van der Waals surface area contributed by atoms with Gasteiger partial charge in [0.15, 0.2) is 11.5 Å². The number of H-pyrrole nitrogens is 1. The maximum atomic E-state index is 10.9. The van der Waals surface area contributed by atoms with Crippen LogP contribution in [0.4, 0.5) is 10.6 Å². The summed E-state index contributed by atoms with van der Waals surface area (Å²) < 4.78 is 4.60. The summed E-state index contributed by atoms with van der Waals surface area (Å²) in [6.45, 7) is 1.97. The molecule has 1 amide bonds. The van der Waals surface area contributed by atoms with Crippen LogP contribution in [0.1, 0.15) is 12.6 Å². The number of carbonyl (C=O) groups excluding carboxylic acids is 1. The number of amides is 1. The highest BCUT2D eigenvalue weighted by Crippen LogP contribution is 2.07. The van der Waals surface area contributed by atoms with Crippen LogP contribution in [0.15, 0.2) is 6.33 Å². The summed E-state index contributed by atoms with van der Waals surface area (Å²) in [5.74, 6) is 0.181. The van der Waals surface area contributed by atoms with E-state index >= 15 is 0 Å². The van der Waals surface area contributed by atoms with Gasteiger partial charge in [0.2, 0.25) is 0 Å². The lowest BCUT2D eigenvalue weighted by Crippen LogP contribution is -2.14. The summed E-state index contributed by atoms with van der Waals surface area (Å²) in [5, 5.41) is 10.9. The van der Waals surface area contributed by atoms with Gasteiger partial charge in [0, 0.05) is 0 Å². The van der Waals surface area contributed by atoms with Crippen molar-refractivity contribution >= 4 is 11.9 Å². The molecule has 0 atom stereocenters. The Hall–Kier alpha value is -2.03. The average Bonchev–Trinajstić information content (AvgIpc) is 2.52. The van der Waals surface area contributed by atoms with Gasteiger partial charge in [-0.05, 0) is 6.92 Å². The molecule has 0 fully saturated rings. The molecule has 0 aliphatic rings. The van der Waals surface area contributed by atoms with Crippen molar-refractivity contribution < 1.29 is 9.53 Å². The summed E-state index contributed by atoms with van der Waals surface area (Å²) in [6.07, 6.45) is 0.700. The van der Waals surface area contributed by atoms with Crippen LogP contribution in [0.25, 0.3) is 0 Å². The van der Waals surface area contributed by atoms with Gasteiger partial charge >= 0.3 is 6.09 Å². The molecule has 1 heterocycles. The van der Waals surface area contributed by atoms with Gasteiger partial charge in [0.25, 0.3) is 0 Å². The minimum absolute atomic E-state index is 0.181. The molecule has 0 radical (unpaired) electrons. The summed E-state index contributed by atoms with van der Waals surface area (Å²) in [6, 6.07) is 1.83. The first-order chi connectivity index (χ1) is 6.27. The van der Waals surface area contributed by atoms with Gasteiger partial charge in [-0.25, -0.2) is 9.78 Å². The van der Waals surface area contributed by atoms with Crippen LogP contribution in [0, 0.1) is 11.3 Å². The van der Waals surface area contributed by atoms with E-state index in [1.165, 1.54) is 6.33 Å². The number of nitrogens with one attached hydrogen (secondary N) is 2. The molecule has 2 N–H and O–H groups in total. The molecule has 68 valence electrons.